The molecule has 0 saturated carbocycles. The van der Waals surface area contributed by atoms with Crippen molar-refractivity contribution in [2.75, 3.05) is 4.90 Å². The summed E-state index contributed by atoms with van der Waals surface area (Å²) in [6.07, 6.45) is 0. The van der Waals surface area contributed by atoms with Gasteiger partial charge >= 0.3 is 0 Å². The summed E-state index contributed by atoms with van der Waals surface area (Å²) in [4.78, 5) is 2.47. The van der Waals surface area contributed by atoms with E-state index in [2.05, 4.69) is 235 Å². The fraction of sp³-hybridized carbons (Fsp3) is 0.0294. The first-order chi connectivity index (χ1) is 35.7. The van der Waals surface area contributed by atoms with Crippen LogP contribution in [0, 0.1) is 0 Å². The van der Waals surface area contributed by atoms with Gasteiger partial charge in [0.1, 0.15) is 33.8 Å². The molecule has 0 radical (unpaired) electrons. The molecule has 4 aliphatic rings. The second kappa shape index (κ2) is 13.7. The summed E-state index contributed by atoms with van der Waals surface area (Å²) in [6.45, 7) is 0. The normalized spacial score (nSPS) is 14.4. The number of hydrogen-bond donors (Lipinski definition) is 0. The van der Waals surface area contributed by atoms with Gasteiger partial charge in [0.2, 0.25) is 0 Å². The van der Waals surface area contributed by atoms with E-state index >= 15 is 0 Å². The van der Waals surface area contributed by atoms with Crippen molar-refractivity contribution in [3.8, 4) is 44.9 Å². The molecule has 4 heteroatoms. The van der Waals surface area contributed by atoms with E-state index in [1.807, 2.05) is 6.07 Å². The van der Waals surface area contributed by atoms with Crippen LogP contribution in [0.1, 0.15) is 44.5 Å². The number of fused-ring (bicyclic) bond motifs is 25. The maximum absolute atomic E-state index is 7.19. The van der Waals surface area contributed by atoms with Crippen molar-refractivity contribution in [1.82, 2.24) is 0 Å². The lowest BCUT2D eigenvalue weighted by molar-refractivity contribution is 0.436. The Balaban J connectivity index is 0.969. The fourth-order valence-electron chi connectivity index (χ4n) is 13.9. The summed E-state index contributed by atoms with van der Waals surface area (Å²) < 4.78 is 20.5. The summed E-state index contributed by atoms with van der Waals surface area (Å²) in [6, 6.07) is 86.4. The zero-order chi connectivity index (χ0) is 46.9. The lowest BCUT2D eigenvalue weighted by Crippen LogP contribution is -2.32. The smallest absolute Gasteiger partial charge is 0.137 e. The molecule has 4 nitrogen and oxygen atoms in total. The van der Waals surface area contributed by atoms with E-state index in [1.165, 1.54) is 66.8 Å². The number of anilines is 3. The summed E-state index contributed by atoms with van der Waals surface area (Å²) in [5, 5.41) is 4.22. The minimum atomic E-state index is -0.618. The number of ether oxygens (including phenoxy) is 1. The monoisotopic (exact) mass is 917 g/mol. The molecule has 0 saturated heterocycles. The van der Waals surface area contributed by atoms with E-state index in [0.29, 0.717) is 0 Å². The van der Waals surface area contributed by atoms with Gasteiger partial charge in [-0.05, 0) is 133 Å². The quantitative estimate of drug-likeness (QED) is 0.177. The van der Waals surface area contributed by atoms with Crippen LogP contribution < -0.4 is 9.64 Å². The molecule has 72 heavy (non-hydrogen) atoms. The van der Waals surface area contributed by atoms with Gasteiger partial charge in [-0.1, -0.05) is 170 Å². The first kappa shape index (κ1) is 38.5. The first-order valence-corrected chi connectivity index (χ1v) is 24.8. The molecule has 0 bridgehead atoms. The number of benzene rings is 11. The molecule has 0 unspecified atom stereocenters. The topological polar surface area (TPSA) is 38.8 Å². The van der Waals surface area contributed by atoms with E-state index in [4.69, 9.17) is 13.6 Å². The predicted octanol–water partition coefficient (Wildman–Crippen LogP) is 17.8. The van der Waals surface area contributed by atoms with Gasteiger partial charge in [-0.2, -0.15) is 0 Å². The maximum Gasteiger partial charge on any atom is 0.137 e. The lowest BCUT2D eigenvalue weighted by atomic mass is 9.66. The Kier molecular flexibility index (Phi) is 7.31. The molecular weight excluding hydrogens is 879 g/mol. The molecule has 2 spiro atoms. The Bertz CT molecular complexity index is 4420. The van der Waals surface area contributed by atoms with Gasteiger partial charge < -0.3 is 18.5 Å². The van der Waals surface area contributed by atoms with Crippen molar-refractivity contribution in [3.05, 3.63) is 281 Å². The van der Waals surface area contributed by atoms with Crippen LogP contribution in [-0.4, -0.2) is 0 Å². The summed E-state index contributed by atoms with van der Waals surface area (Å²) in [5.74, 6) is 1.73. The van der Waals surface area contributed by atoms with Crippen LogP contribution in [0.5, 0.6) is 11.5 Å². The second-order valence-corrected chi connectivity index (χ2v) is 19.7. The summed E-state index contributed by atoms with van der Waals surface area (Å²) in [7, 11) is 0. The Morgan fingerprint density at radius 2 is 0.708 bits per heavy atom. The van der Waals surface area contributed by atoms with Crippen molar-refractivity contribution in [3.63, 3.8) is 0 Å². The van der Waals surface area contributed by atoms with Crippen molar-refractivity contribution in [2.45, 2.75) is 10.8 Å². The molecule has 11 aromatic carbocycles. The van der Waals surface area contributed by atoms with Crippen molar-refractivity contribution >= 4 is 60.9 Å². The zero-order valence-electron chi connectivity index (χ0n) is 38.7. The first-order valence-electron chi connectivity index (χ1n) is 24.8. The maximum atomic E-state index is 7.19. The highest BCUT2D eigenvalue weighted by Gasteiger charge is 2.53. The third-order valence-corrected chi connectivity index (χ3v) is 16.5. The molecule has 2 aromatic heterocycles. The van der Waals surface area contributed by atoms with Crippen molar-refractivity contribution < 1.29 is 13.6 Å². The van der Waals surface area contributed by atoms with E-state index in [-0.39, 0.29) is 0 Å². The van der Waals surface area contributed by atoms with E-state index in [0.717, 1.165) is 83.6 Å². The lowest BCUT2D eigenvalue weighted by Gasteiger charge is -2.39. The Labute approximate surface area is 414 Å². The molecule has 3 heterocycles. The van der Waals surface area contributed by atoms with Gasteiger partial charge in [0.15, 0.2) is 0 Å². The van der Waals surface area contributed by atoms with E-state index in [9.17, 15) is 0 Å². The summed E-state index contributed by atoms with van der Waals surface area (Å²) in [5.41, 5.74) is 22.7. The molecule has 334 valence electrons. The number of hydrogen-bond acceptors (Lipinski definition) is 4. The molecule has 17 rings (SSSR count). The standard InChI is InChI=1S/C68H39NO3/c1-6-22-49-41(17-1)42-18-2-7-23-50(42)67(49)51-24-8-3-19-43(51)45-36-35-40(37-55(45)67)69(57-28-15-33-62-65(57)46-21-5-12-30-59(46)70-62)58-29-16-34-63-66(58)48-38-47-44-20-4-9-25-52(44)68(56(47)39-64(48)72-63)53-26-10-13-31-60(53)71-61-32-14-11-27-54(61)68/h1-39H. The fourth-order valence-corrected chi connectivity index (χ4v) is 13.9. The molecule has 0 atom stereocenters. The number of furan rings is 2. The highest BCUT2D eigenvalue weighted by Crippen LogP contribution is 2.65. The number of nitrogens with zero attached hydrogens (tertiary/aromatic N) is 1. The van der Waals surface area contributed by atoms with Crippen molar-refractivity contribution in [2.24, 2.45) is 0 Å². The van der Waals surface area contributed by atoms with Gasteiger partial charge in [0, 0.05) is 27.6 Å². The van der Waals surface area contributed by atoms with Crippen LogP contribution in [0.3, 0.4) is 0 Å². The molecule has 0 N–H and O–H groups in total. The van der Waals surface area contributed by atoms with Crippen LogP contribution >= 0.6 is 0 Å². The van der Waals surface area contributed by atoms with Gasteiger partial charge in [0.05, 0.1) is 33.0 Å². The molecule has 1 aliphatic heterocycles. The minimum absolute atomic E-state index is 0.519. The van der Waals surface area contributed by atoms with Crippen LogP contribution in [0.2, 0.25) is 0 Å². The van der Waals surface area contributed by atoms with Gasteiger partial charge in [-0.3, -0.25) is 0 Å². The molecule has 13 aromatic rings. The van der Waals surface area contributed by atoms with E-state index in [1.54, 1.807) is 0 Å². The van der Waals surface area contributed by atoms with Gasteiger partial charge in [-0.25, -0.2) is 0 Å². The average Bonchev–Trinajstić information content (AvgIpc) is 4.23. The summed E-state index contributed by atoms with van der Waals surface area (Å²) >= 11 is 0. The predicted molar refractivity (Wildman–Crippen MR) is 289 cm³/mol. The molecule has 3 aliphatic carbocycles. The Morgan fingerprint density at radius 1 is 0.278 bits per heavy atom. The van der Waals surface area contributed by atoms with Crippen LogP contribution in [0.4, 0.5) is 17.1 Å². The molecule has 0 fully saturated rings. The highest BCUT2D eigenvalue weighted by atomic mass is 16.5. The zero-order valence-corrected chi connectivity index (χ0v) is 38.7. The third-order valence-electron chi connectivity index (χ3n) is 16.5. The largest absolute Gasteiger partial charge is 0.457 e. The highest BCUT2D eigenvalue weighted by molar-refractivity contribution is 6.19. The van der Waals surface area contributed by atoms with E-state index < -0.39 is 10.8 Å². The average molecular weight is 918 g/mol. The van der Waals surface area contributed by atoms with Crippen LogP contribution in [-0.2, 0) is 10.8 Å². The second-order valence-electron chi connectivity index (χ2n) is 19.7. The Hall–Kier alpha value is -9.38. The molecule has 0 amide bonds. The van der Waals surface area contributed by atoms with Crippen LogP contribution in [0.15, 0.2) is 245 Å². The number of rotatable bonds is 3. The SMILES string of the molecule is c1ccc2c(c1)Oc1ccccc1C21c2ccccc2-c2cc3c(cc21)oc1cccc(N(c2ccc4c(c2)C2(c5ccccc5-c5ccccc52)c2ccccc2-4)c2cccc4oc5ccccc5c24)c13. The van der Waals surface area contributed by atoms with Gasteiger partial charge in [-0.15, -0.1) is 0 Å². The minimum Gasteiger partial charge on any atom is -0.457 e. The molecular formula is C68H39NO3. The number of para-hydroxylation sites is 3. The van der Waals surface area contributed by atoms with Crippen molar-refractivity contribution in [1.29, 1.82) is 0 Å². The van der Waals surface area contributed by atoms with Crippen LogP contribution in [0.25, 0.3) is 77.3 Å². The third kappa shape index (κ3) is 4.59. The Morgan fingerprint density at radius 3 is 1.31 bits per heavy atom. The van der Waals surface area contributed by atoms with Gasteiger partial charge in [0.25, 0.3) is 0 Å².